The standard InChI is InChI=1S/C8H8F3N/c1-4(9)6-2-5(12)3-7(10)8(6)11/h2-4H,12H2,1H3. The van der Waals surface area contributed by atoms with Gasteiger partial charge in [0.15, 0.2) is 11.6 Å². The van der Waals surface area contributed by atoms with Crippen molar-refractivity contribution in [2.75, 3.05) is 5.73 Å². The first-order valence-corrected chi connectivity index (χ1v) is 3.41. The predicted octanol–water partition coefficient (Wildman–Crippen LogP) is 2.58. The van der Waals surface area contributed by atoms with E-state index in [1.54, 1.807) is 0 Å². The summed E-state index contributed by atoms with van der Waals surface area (Å²) in [7, 11) is 0. The molecule has 0 aliphatic carbocycles. The topological polar surface area (TPSA) is 26.0 Å². The fourth-order valence-corrected chi connectivity index (χ4v) is 0.922. The molecule has 1 atom stereocenters. The summed E-state index contributed by atoms with van der Waals surface area (Å²) in [5.41, 5.74) is 4.87. The summed E-state index contributed by atoms with van der Waals surface area (Å²) in [5, 5.41) is 0. The second-order valence-electron chi connectivity index (χ2n) is 2.52. The van der Waals surface area contributed by atoms with Crippen molar-refractivity contribution < 1.29 is 13.2 Å². The van der Waals surface area contributed by atoms with Gasteiger partial charge < -0.3 is 5.73 Å². The number of hydrogen-bond acceptors (Lipinski definition) is 1. The molecule has 0 spiro atoms. The van der Waals surface area contributed by atoms with E-state index in [4.69, 9.17) is 5.73 Å². The zero-order valence-corrected chi connectivity index (χ0v) is 6.44. The lowest BCUT2D eigenvalue weighted by atomic mass is 10.1. The molecule has 0 aliphatic heterocycles. The molecular formula is C8H8F3N. The minimum atomic E-state index is -1.55. The van der Waals surface area contributed by atoms with Gasteiger partial charge in [0.25, 0.3) is 0 Å². The van der Waals surface area contributed by atoms with Crippen molar-refractivity contribution in [2.24, 2.45) is 0 Å². The van der Waals surface area contributed by atoms with Crippen molar-refractivity contribution >= 4 is 5.69 Å². The minimum Gasteiger partial charge on any atom is -0.399 e. The monoisotopic (exact) mass is 175 g/mol. The molecule has 0 radical (unpaired) electrons. The molecule has 2 N–H and O–H groups in total. The Balaban J connectivity index is 3.28. The number of anilines is 1. The van der Waals surface area contributed by atoms with Crippen LogP contribution in [0.2, 0.25) is 0 Å². The van der Waals surface area contributed by atoms with Gasteiger partial charge in [0, 0.05) is 11.3 Å². The largest absolute Gasteiger partial charge is 0.399 e. The Hall–Kier alpha value is -1.19. The lowest BCUT2D eigenvalue weighted by molar-refractivity contribution is 0.354. The van der Waals surface area contributed by atoms with E-state index in [2.05, 4.69) is 0 Å². The number of halogens is 3. The van der Waals surface area contributed by atoms with Crippen LogP contribution in [0.4, 0.5) is 18.9 Å². The van der Waals surface area contributed by atoms with Gasteiger partial charge in [0.1, 0.15) is 6.17 Å². The molecule has 0 aromatic heterocycles. The van der Waals surface area contributed by atoms with Crippen molar-refractivity contribution in [2.45, 2.75) is 13.1 Å². The summed E-state index contributed by atoms with van der Waals surface area (Å²) in [4.78, 5) is 0. The summed E-state index contributed by atoms with van der Waals surface area (Å²) >= 11 is 0. The molecule has 1 nitrogen and oxygen atoms in total. The van der Waals surface area contributed by atoms with Gasteiger partial charge in [-0.3, -0.25) is 0 Å². The van der Waals surface area contributed by atoms with E-state index in [9.17, 15) is 13.2 Å². The molecule has 4 heteroatoms. The maximum absolute atomic E-state index is 12.8. The van der Waals surface area contributed by atoms with E-state index >= 15 is 0 Å². The highest BCUT2D eigenvalue weighted by Crippen LogP contribution is 2.24. The average molecular weight is 175 g/mol. The number of alkyl halides is 1. The quantitative estimate of drug-likeness (QED) is 0.652. The number of nitrogens with two attached hydrogens (primary N) is 1. The zero-order chi connectivity index (χ0) is 9.30. The Kier molecular flexibility index (Phi) is 2.26. The molecule has 0 saturated heterocycles. The van der Waals surface area contributed by atoms with E-state index in [-0.39, 0.29) is 11.3 Å². The third-order valence-electron chi connectivity index (χ3n) is 1.51. The van der Waals surface area contributed by atoms with Crippen LogP contribution < -0.4 is 5.73 Å². The zero-order valence-electron chi connectivity index (χ0n) is 6.44. The molecular weight excluding hydrogens is 167 g/mol. The smallest absolute Gasteiger partial charge is 0.165 e. The van der Waals surface area contributed by atoms with Crippen LogP contribution in [-0.4, -0.2) is 0 Å². The molecule has 1 rings (SSSR count). The minimum absolute atomic E-state index is 0.0217. The van der Waals surface area contributed by atoms with Gasteiger partial charge in [-0.2, -0.15) is 0 Å². The molecule has 0 bridgehead atoms. The van der Waals surface area contributed by atoms with Gasteiger partial charge in [-0.15, -0.1) is 0 Å². The van der Waals surface area contributed by atoms with Crippen LogP contribution in [0.5, 0.6) is 0 Å². The van der Waals surface area contributed by atoms with Crippen LogP contribution in [0, 0.1) is 11.6 Å². The Morgan fingerprint density at radius 3 is 2.42 bits per heavy atom. The second kappa shape index (κ2) is 3.05. The second-order valence-corrected chi connectivity index (χ2v) is 2.52. The predicted molar refractivity (Wildman–Crippen MR) is 40.3 cm³/mol. The first-order valence-electron chi connectivity index (χ1n) is 3.41. The maximum Gasteiger partial charge on any atom is 0.165 e. The first-order chi connectivity index (χ1) is 5.52. The molecule has 1 aromatic rings. The summed E-state index contributed by atoms with van der Waals surface area (Å²) in [6, 6.07) is 1.91. The van der Waals surface area contributed by atoms with Crippen LogP contribution in [0.15, 0.2) is 12.1 Å². The normalized spacial score (nSPS) is 13.0. The van der Waals surface area contributed by atoms with E-state index < -0.39 is 17.8 Å². The fraction of sp³-hybridized carbons (Fsp3) is 0.250. The van der Waals surface area contributed by atoms with Crippen LogP contribution in [0.25, 0.3) is 0 Å². The van der Waals surface area contributed by atoms with Gasteiger partial charge in [-0.05, 0) is 19.1 Å². The van der Waals surface area contributed by atoms with E-state index in [1.165, 1.54) is 0 Å². The van der Waals surface area contributed by atoms with Crippen molar-refractivity contribution in [3.05, 3.63) is 29.3 Å². The third kappa shape index (κ3) is 1.52. The van der Waals surface area contributed by atoms with Crippen molar-refractivity contribution in [1.29, 1.82) is 0 Å². The van der Waals surface area contributed by atoms with Gasteiger partial charge >= 0.3 is 0 Å². The lowest BCUT2D eigenvalue weighted by Crippen LogP contribution is -1.98. The third-order valence-corrected chi connectivity index (χ3v) is 1.51. The highest BCUT2D eigenvalue weighted by Gasteiger charge is 2.14. The summed E-state index contributed by atoms with van der Waals surface area (Å²) in [6.07, 6.45) is -1.55. The van der Waals surface area contributed by atoms with Crippen molar-refractivity contribution in [3.63, 3.8) is 0 Å². The molecule has 0 heterocycles. The molecule has 0 fully saturated rings. The van der Waals surface area contributed by atoms with Crippen LogP contribution in [-0.2, 0) is 0 Å². The Bertz CT molecular complexity index is 297. The number of nitrogen functional groups attached to an aromatic ring is 1. The highest BCUT2D eigenvalue weighted by molar-refractivity contribution is 5.42. The van der Waals surface area contributed by atoms with E-state index in [1.807, 2.05) is 0 Å². The van der Waals surface area contributed by atoms with Gasteiger partial charge in [0.2, 0.25) is 0 Å². The van der Waals surface area contributed by atoms with Crippen molar-refractivity contribution in [1.82, 2.24) is 0 Å². The molecule has 0 amide bonds. The average Bonchev–Trinajstić information content (AvgIpc) is 1.96. The molecule has 1 unspecified atom stereocenters. The van der Waals surface area contributed by atoms with Gasteiger partial charge in [-0.1, -0.05) is 0 Å². The SMILES string of the molecule is CC(F)c1cc(N)cc(F)c1F. The van der Waals surface area contributed by atoms with Crippen LogP contribution >= 0.6 is 0 Å². The Morgan fingerprint density at radius 2 is 1.92 bits per heavy atom. The number of rotatable bonds is 1. The maximum atomic E-state index is 12.8. The number of hydrogen-bond donors (Lipinski definition) is 1. The number of benzene rings is 1. The van der Waals surface area contributed by atoms with E-state index in [0.29, 0.717) is 0 Å². The molecule has 0 saturated carbocycles. The van der Waals surface area contributed by atoms with Crippen LogP contribution in [0.3, 0.4) is 0 Å². The summed E-state index contributed by atoms with van der Waals surface area (Å²) in [5.74, 6) is -2.28. The Labute approximate surface area is 68.0 Å². The molecule has 66 valence electrons. The molecule has 1 aromatic carbocycles. The fourth-order valence-electron chi connectivity index (χ4n) is 0.922. The molecule has 12 heavy (non-hydrogen) atoms. The van der Waals surface area contributed by atoms with Crippen molar-refractivity contribution in [3.8, 4) is 0 Å². The summed E-state index contributed by atoms with van der Waals surface area (Å²) in [6.45, 7) is 1.12. The van der Waals surface area contributed by atoms with E-state index in [0.717, 1.165) is 19.1 Å². The lowest BCUT2D eigenvalue weighted by Gasteiger charge is -2.05. The van der Waals surface area contributed by atoms with Crippen LogP contribution in [0.1, 0.15) is 18.7 Å². The highest BCUT2D eigenvalue weighted by atomic mass is 19.2. The Morgan fingerprint density at radius 1 is 1.33 bits per heavy atom. The van der Waals surface area contributed by atoms with Gasteiger partial charge in [-0.25, -0.2) is 13.2 Å². The molecule has 0 aliphatic rings. The first kappa shape index (κ1) is 8.90. The van der Waals surface area contributed by atoms with Gasteiger partial charge in [0.05, 0.1) is 0 Å². The summed E-state index contributed by atoms with van der Waals surface area (Å²) < 4.78 is 37.9.